The molecule has 6 heteroatoms. The normalized spacial score (nSPS) is 10.3. The molecule has 0 aliphatic carbocycles. The molecule has 96 valence electrons. The first-order valence-electron chi connectivity index (χ1n) is 5.80. The van der Waals surface area contributed by atoms with Crippen molar-refractivity contribution in [2.75, 3.05) is 31.0 Å². The number of nitrogen functional groups attached to an aromatic ring is 1. The first-order valence-corrected chi connectivity index (χ1v) is 5.80. The fourth-order valence-corrected chi connectivity index (χ4v) is 1.53. The van der Waals surface area contributed by atoms with Crippen LogP contribution >= 0.6 is 0 Å². The molecule has 0 aliphatic heterocycles. The Labute approximate surface area is 102 Å². The number of nitrogens with one attached hydrogen (secondary N) is 2. The minimum atomic E-state index is 0.655. The van der Waals surface area contributed by atoms with Crippen LogP contribution in [-0.2, 0) is 4.74 Å². The van der Waals surface area contributed by atoms with E-state index < -0.39 is 0 Å². The van der Waals surface area contributed by atoms with Crippen molar-refractivity contribution < 1.29 is 4.74 Å². The highest BCUT2D eigenvalue weighted by Gasteiger charge is 2.04. The van der Waals surface area contributed by atoms with Gasteiger partial charge in [0, 0.05) is 25.8 Å². The zero-order valence-corrected chi connectivity index (χ0v) is 10.5. The van der Waals surface area contributed by atoms with Gasteiger partial charge in [-0.15, -0.1) is 0 Å². The molecule has 0 unspecified atom stereocenters. The van der Waals surface area contributed by atoms with E-state index in [1.165, 1.54) is 6.33 Å². The molecule has 0 aliphatic rings. The third-order valence-electron chi connectivity index (χ3n) is 2.54. The fourth-order valence-electron chi connectivity index (χ4n) is 1.53. The molecule has 0 spiro atoms. The number of rotatable bonds is 8. The van der Waals surface area contributed by atoms with Gasteiger partial charge in [-0.25, -0.2) is 15.8 Å². The number of hydrogen-bond acceptors (Lipinski definition) is 6. The van der Waals surface area contributed by atoms with Gasteiger partial charge in [-0.05, 0) is 26.2 Å². The summed E-state index contributed by atoms with van der Waals surface area (Å²) in [6.45, 7) is 3.65. The van der Waals surface area contributed by atoms with E-state index in [0.717, 1.165) is 43.8 Å². The Morgan fingerprint density at radius 2 is 2.00 bits per heavy atom. The van der Waals surface area contributed by atoms with E-state index in [1.54, 1.807) is 7.11 Å². The number of nitrogens with two attached hydrogens (primary N) is 1. The average Bonchev–Trinajstić information content (AvgIpc) is 2.35. The van der Waals surface area contributed by atoms with Crippen molar-refractivity contribution in [1.29, 1.82) is 0 Å². The van der Waals surface area contributed by atoms with Gasteiger partial charge >= 0.3 is 0 Å². The highest BCUT2D eigenvalue weighted by molar-refractivity contribution is 5.55. The zero-order chi connectivity index (χ0) is 12.5. The van der Waals surface area contributed by atoms with Gasteiger partial charge in [-0.3, -0.25) is 0 Å². The number of ether oxygens (including phenoxy) is 1. The summed E-state index contributed by atoms with van der Waals surface area (Å²) in [7, 11) is 1.73. The second-order valence-electron chi connectivity index (χ2n) is 3.82. The second kappa shape index (κ2) is 7.81. The minimum absolute atomic E-state index is 0.655. The summed E-state index contributed by atoms with van der Waals surface area (Å²) < 4.78 is 4.99. The van der Waals surface area contributed by atoms with Crippen molar-refractivity contribution in [3.05, 3.63) is 11.9 Å². The molecule has 4 N–H and O–H groups in total. The van der Waals surface area contributed by atoms with E-state index in [0.29, 0.717) is 5.82 Å². The van der Waals surface area contributed by atoms with Gasteiger partial charge in [-0.1, -0.05) is 0 Å². The van der Waals surface area contributed by atoms with Crippen LogP contribution in [-0.4, -0.2) is 30.2 Å². The van der Waals surface area contributed by atoms with Crippen LogP contribution in [0.25, 0.3) is 0 Å². The molecular formula is C11H21N5O. The smallest absolute Gasteiger partial charge is 0.148 e. The number of anilines is 2. The summed E-state index contributed by atoms with van der Waals surface area (Å²) in [6.07, 6.45) is 4.83. The topological polar surface area (TPSA) is 85.1 Å². The molecule has 1 rings (SSSR count). The third-order valence-corrected chi connectivity index (χ3v) is 2.54. The quantitative estimate of drug-likeness (QED) is 0.360. The van der Waals surface area contributed by atoms with Gasteiger partial charge in [0.25, 0.3) is 0 Å². The van der Waals surface area contributed by atoms with E-state index in [4.69, 9.17) is 10.6 Å². The number of methoxy groups -OCH3 is 1. The molecule has 0 saturated carbocycles. The van der Waals surface area contributed by atoms with Gasteiger partial charge in [0.05, 0.1) is 0 Å². The lowest BCUT2D eigenvalue weighted by atomic mass is 10.2. The maximum atomic E-state index is 5.35. The van der Waals surface area contributed by atoms with Crippen molar-refractivity contribution in [3.8, 4) is 0 Å². The molecule has 0 saturated heterocycles. The fraction of sp³-hybridized carbons (Fsp3) is 0.636. The van der Waals surface area contributed by atoms with Crippen LogP contribution in [0.1, 0.15) is 24.8 Å². The van der Waals surface area contributed by atoms with E-state index in [-0.39, 0.29) is 0 Å². The minimum Gasteiger partial charge on any atom is -0.385 e. The van der Waals surface area contributed by atoms with E-state index in [9.17, 15) is 0 Å². The molecule has 0 atom stereocenters. The maximum absolute atomic E-state index is 5.35. The highest BCUT2D eigenvalue weighted by atomic mass is 16.5. The maximum Gasteiger partial charge on any atom is 0.148 e. The molecule has 1 heterocycles. The number of hydrazine groups is 1. The number of nitrogens with zero attached hydrogens (tertiary/aromatic N) is 2. The van der Waals surface area contributed by atoms with Crippen molar-refractivity contribution >= 4 is 11.6 Å². The van der Waals surface area contributed by atoms with Crippen LogP contribution in [0.5, 0.6) is 0 Å². The molecule has 17 heavy (non-hydrogen) atoms. The van der Waals surface area contributed by atoms with E-state index in [1.807, 2.05) is 6.92 Å². The van der Waals surface area contributed by atoms with Gasteiger partial charge in [0.1, 0.15) is 18.0 Å². The van der Waals surface area contributed by atoms with Gasteiger partial charge in [0.15, 0.2) is 0 Å². The van der Waals surface area contributed by atoms with Crippen LogP contribution in [0.4, 0.5) is 11.6 Å². The molecule has 1 aromatic heterocycles. The first kappa shape index (κ1) is 13.7. The van der Waals surface area contributed by atoms with E-state index in [2.05, 4.69) is 20.7 Å². The summed E-state index contributed by atoms with van der Waals surface area (Å²) >= 11 is 0. The standard InChI is InChI=1S/C11H21N5O/c1-9-10(14-8-15-11(9)16-12)13-6-4-3-5-7-17-2/h8H,3-7,12H2,1-2H3,(H2,13,14,15,16). The number of unbranched alkanes of at least 4 members (excludes halogenated alkanes) is 2. The Hall–Kier alpha value is -1.40. The van der Waals surface area contributed by atoms with Crippen molar-refractivity contribution in [1.82, 2.24) is 9.97 Å². The highest BCUT2D eigenvalue weighted by Crippen LogP contribution is 2.16. The lowest BCUT2D eigenvalue weighted by molar-refractivity contribution is 0.192. The SMILES string of the molecule is COCCCCCNc1ncnc(NN)c1C. The van der Waals surface area contributed by atoms with Gasteiger partial charge in [0.2, 0.25) is 0 Å². The summed E-state index contributed by atoms with van der Waals surface area (Å²) in [4.78, 5) is 8.20. The Kier molecular flexibility index (Phi) is 6.27. The van der Waals surface area contributed by atoms with E-state index >= 15 is 0 Å². The van der Waals surface area contributed by atoms with Crippen LogP contribution in [0.15, 0.2) is 6.33 Å². The molecule has 1 aromatic rings. The molecule has 0 radical (unpaired) electrons. The summed E-state index contributed by atoms with van der Waals surface area (Å²) in [5.41, 5.74) is 3.48. The Morgan fingerprint density at radius 1 is 1.24 bits per heavy atom. The predicted octanol–water partition coefficient (Wildman–Crippen LogP) is 1.30. The van der Waals surface area contributed by atoms with Crippen LogP contribution in [0.3, 0.4) is 0 Å². The predicted molar refractivity (Wildman–Crippen MR) is 68.8 cm³/mol. The Balaban J connectivity index is 2.31. The molecule has 0 aromatic carbocycles. The summed E-state index contributed by atoms with van der Waals surface area (Å²) in [5.74, 6) is 6.83. The number of hydrogen-bond donors (Lipinski definition) is 3. The molecule has 0 fully saturated rings. The third kappa shape index (κ3) is 4.54. The van der Waals surface area contributed by atoms with Crippen molar-refractivity contribution in [3.63, 3.8) is 0 Å². The Bertz CT molecular complexity index is 332. The Morgan fingerprint density at radius 3 is 2.71 bits per heavy atom. The van der Waals surface area contributed by atoms with Crippen LogP contribution in [0, 0.1) is 6.92 Å². The molecule has 0 bridgehead atoms. The summed E-state index contributed by atoms with van der Waals surface area (Å²) in [6, 6.07) is 0. The first-order chi connectivity index (χ1) is 8.29. The second-order valence-corrected chi connectivity index (χ2v) is 3.82. The molecule has 6 nitrogen and oxygen atoms in total. The molecular weight excluding hydrogens is 218 g/mol. The van der Waals surface area contributed by atoms with Crippen LogP contribution in [0.2, 0.25) is 0 Å². The monoisotopic (exact) mass is 239 g/mol. The average molecular weight is 239 g/mol. The molecule has 0 amide bonds. The largest absolute Gasteiger partial charge is 0.385 e. The zero-order valence-electron chi connectivity index (χ0n) is 10.5. The van der Waals surface area contributed by atoms with Crippen molar-refractivity contribution in [2.45, 2.75) is 26.2 Å². The number of aromatic nitrogens is 2. The summed E-state index contributed by atoms with van der Waals surface area (Å²) in [5, 5.41) is 3.28. The van der Waals surface area contributed by atoms with Gasteiger partial charge in [-0.2, -0.15) is 0 Å². The lowest BCUT2D eigenvalue weighted by Gasteiger charge is -2.10. The lowest BCUT2D eigenvalue weighted by Crippen LogP contribution is -2.13. The van der Waals surface area contributed by atoms with Crippen molar-refractivity contribution in [2.24, 2.45) is 5.84 Å². The van der Waals surface area contributed by atoms with Gasteiger partial charge < -0.3 is 15.5 Å². The van der Waals surface area contributed by atoms with Crippen LogP contribution < -0.4 is 16.6 Å².